The molecule has 0 aliphatic heterocycles. The minimum absolute atomic E-state index is 0.266. The number of hydrogen-bond donors (Lipinski definition) is 1. The summed E-state index contributed by atoms with van der Waals surface area (Å²) >= 11 is 0. The minimum Gasteiger partial charge on any atom is -0.488 e. The molecule has 0 radical (unpaired) electrons. The first-order chi connectivity index (χ1) is 5.07. The van der Waals surface area contributed by atoms with Crippen LogP contribution in [0.5, 0.6) is 0 Å². The molecule has 0 saturated carbocycles. The Hall–Kier alpha value is -0.990. The predicted molar refractivity (Wildman–Crippen MR) is 43.7 cm³/mol. The van der Waals surface area contributed by atoms with Crippen molar-refractivity contribution in [1.29, 1.82) is 0 Å². The second-order valence-corrected chi connectivity index (χ2v) is 2.57. The molecule has 0 bridgehead atoms. The molecule has 0 aliphatic carbocycles. The highest BCUT2D eigenvalue weighted by Crippen LogP contribution is 2.02. The largest absolute Gasteiger partial charge is 0.488 e. The van der Waals surface area contributed by atoms with E-state index in [0.29, 0.717) is 6.61 Å². The molecule has 0 spiro atoms. The molecule has 0 aromatic heterocycles. The van der Waals surface area contributed by atoms with Crippen molar-refractivity contribution in [2.75, 3.05) is 6.61 Å². The second-order valence-electron chi connectivity index (χ2n) is 2.57. The van der Waals surface area contributed by atoms with Crippen molar-refractivity contribution in [2.45, 2.75) is 20.8 Å². The van der Waals surface area contributed by atoms with Crippen LogP contribution in [-0.4, -0.2) is 12.5 Å². The number of nitrogens with two attached hydrogens (primary N) is 1. The van der Waals surface area contributed by atoms with Gasteiger partial charge in [0, 0.05) is 0 Å². The van der Waals surface area contributed by atoms with Crippen LogP contribution in [0.25, 0.3) is 0 Å². The van der Waals surface area contributed by atoms with Gasteiger partial charge in [0.25, 0.3) is 5.91 Å². The van der Waals surface area contributed by atoms with E-state index in [-0.39, 0.29) is 11.7 Å². The van der Waals surface area contributed by atoms with E-state index in [1.807, 2.05) is 20.8 Å². The van der Waals surface area contributed by atoms with Crippen molar-refractivity contribution < 1.29 is 9.53 Å². The second kappa shape index (κ2) is 4.77. The molecule has 0 fully saturated rings. The molecule has 11 heavy (non-hydrogen) atoms. The molecule has 0 aromatic carbocycles. The average Bonchev–Trinajstić information content (AvgIpc) is 1.86. The molecular formula is C8H15NO2. The summed E-state index contributed by atoms with van der Waals surface area (Å²) in [5.41, 5.74) is 5.04. The lowest BCUT2D eigenvalue weighted by Gasteiger charge is -2.05. The number of allylic oxidation sites excluding steroid dienone is 1. The molecule has 0 aromatic rings. The fourth-order valence-electron chi connectivity index (χ4n) is 0.660. The summed E-state index contributed by atoms with van der Waals surface area (Å²) in [6.45, 7) is 6.21. The number of primary amides is 1. The maximum Gasteiger partial charge on any atom is 0.283 e. The van der Waals surface area contributed by atoms with E-state index < -0.39 is 5.91 Å². The van der Waals surface area contributed by atoms with Gasteiger partial charge in [-0.2, -0.15) is 0 Å². The molecule has 0 aliphatic rings. The summed E-state index contributed by atoms with van der Waals surface area (Å²) in [5, 5.41) is 0. The standard InChI is InChI=1S/C8H15NO2/c1-4-11-7(8(9)10)5-6(2)3/h5-6H,4H2,1-3H3,(H2,9,10). The van der Waals surface area contributed by atoms with Crippen molar-refractivity contribution in [2.24, 2.45) is 11.7 Å². The van der Waals surface area contributed by atoms with E-state index in [4.69, 9.17) is 10.5 Å². The first-order valence-electron chi connectivity index (χ1n) is 3.72. The fraction of sp³-hybridized carbons (Fsp3) is 0.625. The maximum absolute atomic E-state index is 10.7. The van der Waals surface area contributed by atoms with Gasteiger partial charge in [-0.1, -0.05) is 13.8 Å². The molecule has 2 N–H and O–H groups in total. The van der Waals surface area contributed by atoms with E-state index >= 15 is 0 Å². The van der Waals surface area contributed by atoms with Gasteiger partial charge in [0.2, 0.25) is 0 Å². The monoisotopic (exact) mass is 157 g/mol. The van der Waals surface area contributed by atoms with Crippen LogP contribution in [0, 0.1) is 5.92 Å². The van der Waals surface area contributed by atoms with Gasteiger partial charge >= 0.3 is 0 Å². The lowest BCUT2D eigenvalue weighted by atomic mass is 10.2. The smallest absolute Gasteiger partial charge is 0.283 e. The molecule has 0 rings (SSSR count). The van der Waals surface area contributed by atoms with E-state index in [1.54, 1.807) is 6.08 Å². The fourth-order valence-corrected chi connectivity index (χ4v) is 0.660. The Kier molecular flexibility index (Phi) is 4.34. The maximum atomic E-state index is 10.7. The third kappa shape index (κ3) is 4.42. The Balaban J connectivity index is 4.20. The van der Waals surface area contributed by atoms with Gasteiger partial charge in [-0.3, -0.25) is 4.79 Å². The summed E-state index contributed by atoms with van der Waals surface area (Å²) < 4.78 is 5.00. The SMILES string of the molecule is CCOC(=CC(C)C)C(N)=O. The zero-order valence-electron chi connectivity index (χ0n) is 7.26. The third-order valence-corrected chi connectivity index (χ3v) is 1.03. The third-order valence-electron chi connectivity index (χ3n) is 1.03. The number of carbonyl (C=O) groups excluding carboxylic acids is 1. The van der Waals surface area contributed by atoms with Crippen molar-refractivity contribution in [3.05, 3.63) is 11.8 Å². The summed E-state index contributed by atoms with van der Waals surface area (Å²) in [4.78, 5) is 10.7. The van der Waals surface area contributed by atoms with Gasteiger partial charge in [0.1, 0.15) is 0 Å². The summed E-state index contributed by atoms with van der Waals surface area (Å²) in [5.74, 6) is 0.0482. The van der Waals surface area contributed by atoms with Crippen LogP contribution in [0.2, 0.25) is 0 Å². The Bertz CT molecular complexity index is 161. The molecule has 1 amide bonds. The Morgan fingerprint density at radius 3 is 2.45 bits per heavy atom. The lowest BCUT2D eigenvalue weighted by molar-refractivity contribution is -0.117. The molecule has 64 valence electrons. The van der Waals surface area contributed by atoms with Crippen LogP contribution in [-0.2, 0) is 9.53 Å². The number of carbonyl (C=O) groups is 1. The van der Waals surface area contributed by atoms with Crippen molar-refractivity contribution in [3.8, 4) is 0 Å². The van der Waals surface area contributed by atoms with E-state index in [1.165, 1.54) is 0 Å². The Morgan fingerprint density at radius 1 is 1.64 bits per heavy atom. The van der Waals surface area contributed by atoms with Gasteiger partial charge in [0.15, 0.2) is 5.76 Å². The van der Waals surface area contributed by atoms with Crippen LogP contribution in [0.15, 0.2) is 11.8 Å². The molecule has 0 unspecified atom stereocenters. The zero-order valence-corrected chi connectivity index (χ0v) is 7.26. The van der Waals surface area contributed by atoms with Crippen LogP contribution >= 0.6 is 0 Å². The minimum atomic E-state index is -0.499. The zero-order chi connectivity index (χ0) is 8.85. The molecule has 3 heteroatoms. The van der Waals surface area contributed by atoms with Crippen molar-refractivity contribution in [3.63, 3.8) is 0 Å². The van der Waals surface area contributed by atoms with Crippen LogP contribution in [0.4, 0.5) is 0 Å². The first-order valence-corrected chi connectivity index (χ1v) is 3.72. The molecular weight excluding hydrogens is 142 g/mol. The summed E-state index contributed by atoms with van der Waals surface area (Å²) in [7, 11) is 0. The van der Waals surface area contributed by atoms with Crippen LogP contribution < -0.4 is 5.73 Å². The molecule has 3 nitrogen and oxygen atoms in total. The summed E-state index contributed by atoms with van der Waals surface area (Å²) in [6, 6.07) is 0. The highest BCUT2D eigenvalue weighted by Gasteiger charge is 2.04. The van der Waals surface area contributed by atoms with E-state index in [2.05, 4.69) is 0 Å². The van der Waals surface area contributed by atoms with Gasteiger partial charge in [-0.25, -0.2) is 0 Å². The van der Waals surface area contributed by atoms with Crippen LogP contribution in [0.1, 0.15) is 20.8 Å². The average molecular weight is 157 g/mol. The molecule has 0 heterocycles. The highest BCUT2D eigenvalue weighted by molar-refractivity contribution is 5.89. The van der Waals surface area contributed by atoms with E-state index in [9.17, 15) is 4.79 Å². The van der Waals surface area contributed by atoms with Gasteiger partial charge in [-0.15, -0.1) is 0 Å². The van der Waals surface area contributed by atoms with Crippen molar-refractivity contribution in [1.82, 2.24) is 0 Å². The van der Waals surface area contributed by atoms with Gasteiger partial charge < -0.3 is 10.5 Å². The molecule has 0 saturated heterocycles. The highest BCUT2D eigenvalue weighted by atomic mass is 16.5. The van der Waals surface area contributed by atoms with Gasteiger partial charge in [-0.05, 0) is 18.9 Å². The van der Waals surface area contributed by atoms with Crippen molar-refractivity contribution >= 4 is 5.91 Å². The lowest BCUT2D eigenvalue weighted by Crippen LogP contribution is -2.16. The Morgan fingerprint density at radius 2 is 2.18 bits per heavy atom. The Labute approximate surface area is 67.2 Å². The quantitative estimate of drug-likeness (QED) is 0.490. The van der Waals surface area contributed by atoms with Crippen LogP contribution in [0.3, 0.4) is 0 Å². The molecule has 0 atom stereocenters. The van der Waals surface area contributed by atoms with Gasteiger partial charge in [0.05, 0.1) is 6.61 Å². The topological polar surface area (TPSA) is 52.3 Å². The normalized spacial score (nSPS) is 11.8. The number of ether oxygens (including phenoxy) is 1. The number of amides is 1. The summed E-state index contributed by atoms with van der Waals surface area (Å²) in [6.07, 6.45) is 1.71. The first kappa shape index (κ1) is 10.0. The predicted octanol–water partition coefficient (Wildman–Crippen LogP) is 1.05. The van der Waals surface area contributed by atoms with E-state index in [0.717, 1.165) is 0 Å². The number of rotatable bonds is 4. The number of hydrogen-bond acceptors (Lipinski definition) is 2.